The Kier molecular flexibility index (Phi) is 2.39. The molecule has 0 radical (unpaired) electrons. The van der Waals surface area contributed by atoms with Gasteiger partial charge in [0.1, 0.15) is 12.4 Å². The molecule has 0 saturated carbocycles. The maximum Gasteiger partial charge on any atom is 0.243 e. The number of nitrogens with one attached hydrogen (secondary N) is 1. The second kappa shape index (κ2) is 4.23. The zero-order chi connectivity index (χ0) is 13.5. The molecule has 0 fully saturated rings. The molecular formula is C15H14N4O. The number of pyridine rings is 1. The largest absolute Gasteiger partial charge is 0.491 e. The molecular weight excluding hydrogens is 252 g/mol. The summed E-state index contributed by atoms with van der Waals surface area (Å²) >= 11 is 0. The van der Waals surface area contributed by atoms with Crippen LogP contribution in [0, 0.1) is 6.92 Å². The molecule has 0 saturated heterocycles. The lowest BCUT2D eigenvalue weighted by molar-refractivity contribution is 0.339. The van der Waals surface area contributed by atoms with Crippen molar-refractivity contribution < 1.29 is 4.74 Å². The Hall–Kier alpha value is -2.56. The van der Waals surface area contributed by atoms with Gasteiger partial charge in [0.05, 0.1) is 6.04 Å². The van der Waals surface area contributed by atoms with E-state index >= 15 is 0 Å². The van der Waals surface area contributed by atoms with Crippen molar-refractivity contribution in [3.8, 4) is 5.75 Å². The Labute approximate surface area is 116 Å². The van der Waals surface area contributed by atoms with E-state index in [1.165, 1.54) is 0 Å². The Morgan fingerprint density at radius 3 is 3.00 bits per heavy atom. The smallest absolute Gasteiger partial charge is 0.243 e. The Bertz CT molecular complexity index is 780. The molecule has 3 aromatic rings. The van der Waals surface area contributed by atoms with Crippen LogP contribution in [0.15, 0.2) is 42.5 Å². The summed E-state index contributed by atoms with van der Waals surface area (Å²) in [7, 11) is 0. The molecule has 2 aromatic heterocycles. The molecule has 1 unspecified atom stereocenters. The first-order valence-electron chi connectivity index (χ1n) is 6.62. The molecule has 1 aliphatic rings. The van der Waals surface area contributed by atoms with Crippen LogP contribution in [-0.2, 0) is 0 Å². The predicted molar refractivity (Wildman–Crippen MR) is 76.0 cm³/mol. The molecule has 3 heterocycles. The average molecular weight is 266 g/mol. The third-order valence-corrected chi connectivity index (χ3v) is 3.55. The van der Waals surface area contributed by atoms with Gasteiger partial charge in [0, 0.05) is 11.3 Å². The van der Waals surface area contributed by atoms with Crippen LogP contribution < -0.4 is 10.1 Å². The van der Waals surface area contributed by atoms with Gasteiger partial charge in [0.25, 0.3) is 0 Å². The molecule has 0 spiro atoms. The second-order valence-electron chi connectivity index (χ2n) is 4.92. The third-order valence-electron chi connectivity index (χ3n) is 3.55. The van der Waals surface area contributed by atoms with Gasteiger partial charge in [-0.3, -0.25) is 0 Å². The van der Waals surface area contributed by atoms with Gasteiger partial charge in [0.15, 0.2) is 5.65 Å². The lowest BCUT2D eigenvalue weighted by atomic mass is 10.1. The number of benzene rings is 1. The first-order valence-corrected chi connectivity index (χ1v) is 6.62. The van der Waals surface area contributed by atoms with Crippen molar-refractivity contribution in [3.63, 3.8) is 0 Å². The topological polar surface area (TPSA) is 51.5 Å². The fraction of sp³-hybridized carbons (Fsp3) is 0.200. The van der Waals surface area contributed by atoms with Gasteiger partial charge in [-0.05, 0) is 25.1 Å². The highest BCUT2D eigenvalue weighted by molar-refractivity contribution is 5.48. The van der Waals surface area contributed by atoms with E-state index in [9.17, 15) is 0 Å². The van der Waals surface area contributed by atoms with E-state index in [1.54, 1.807) is 0 Å². The number of anilines is 1. The van der Waals surface area contributed by atoms with Gasteiger partial charge >= 0.3 is 0 Å². The summed E-state index contributed by atoms with van der Waals surface area (Å²) in [6, 6.07) is 14.1. The third kappa shape index (κ3) is 1.71. The van der Waals surface area contributed by atoms with Gasteiger partial charge in [0.2, 0.25) is 5.95 Å². The summed E-state index contributed by atoms with van der Waals surface area (Å²) in [6.07, 6.45) is 0. The Morgan fingerprint density at radius 1 is 1.20 bits per heavy atom. The molecule has 1 aliphatic heterocycles. The normalized spacial score (nSPS) is 16.9. The average Bonchev–Trinajstić information content (AvgIpc) is 3.05. The van der Waals surface area contributed by atoms with Crippen molar-refractivity contribution in [3.05, 3.63) is 53.7 Å². The Morgan fingerprint density at radius 2 is 2.10 bits per heavy atom. The minimum absolute atomic E-state index is 0.101. The number of ether oxygens (including phenoxy) is 1. The zero-order valence-corrected chi connectivity index (χ0v) is 11.1. The summed E-state index contributed by atoms with van der Waals surface area (Å²) < 4.78 is 7.49. The highest BCUT2D eigenvalue weighted by Crippen LogP contribution is 2.33. The fourth-order valence-corrected chi connectivity index (χ4v) is 2.53. The van der Waals surface area contributed by atoms with Crippen LogP contribution in [-0.4, -0.2) is 21.2 Å². The van der Waals surface area contributed by atoms with E-state index in [0.717, 1.165) is 22.7 Å². The minimum atomic E-state index is 0.101. The number of hydrogen-bond acceptors (Lipinski definition) is 4. The standard InChI is InChI=1S/C15H14N4O/c1-10-5-4-8-14-17-15(18-19(10)14)16-12-9-20-13-7-3-2-6-11(12)13/h2-8,12H,9H2,1H3,(H,16,18). The maximum absolute atomic E-state index is 5.66. The Balaban J connectivity index is 1.67. The molecule has 0 bridgehead atoms. The first kappa shape index (κ1) is 11.3. The van der Waals surface area contributed by atoms with Gasteiger partial charge < -0.3 is 10.1 Å². The fourth-order valence-electron chi connectivity index (χ4n) is 2.53. The van der Waals surface area contributed by atoms with Gasteiger partial charge in [-0.1, -0.05) is 24.3 Å². The SMILES string of the molecule is Cc1cccc2nc(NC3COc4ccccc43)nn12. The quantitative estimate of drug-likeness (QED) is 0.774. The monoisotopic (exact) mass is 266 g/mol. The molecule has 0 amide bonds. The summed E-state index contributed by atoms with van der Waals surface area (Å²) in [5.74, 6) is 1.56. The zero-order valence-electron chi connectivity index (χ0n) is 11.1. The van der Waals surface area contributed by atoms with Crippen LogP contribution in [0.2, 0.25) is 0 Å². The number of hydrogen-bond donors (Lipinski definition) is 1. The summed E-state index contributed by atoms with van der Waals surface area (Å²) in [4.78, 5) is 4.50. The predicted octanol–water partition coefficient (Wildman–Crippen LogP) is 2.58. The molecule has 5 nitrogen and oxygen atoms in total. The summed E-state index contributed by atoms with van der Waals surface area (Å²) in [5.41, 5.74) is 3.06. The number of rotatable bonds is 2. The number of fused-ring (bicyclic) bond motifs is 2. The van der Waals surface area contributed by atoms with Crippen molar-refractivity contribution >= 4 is 11.6 Å². The van der Waals surface area contributed by atoms with Crippen molar-refractivity contribution in [2.45, 2.75) is 13.0 Å². The highest BCUT2D eigenvalue weighted by atomic mass is 16.5. The number of aryl methyl sites for hydroxylation is 1. The van der Waals surface area contributed by atoms with Crippen LogP contribution >= 0.6 is 0 Å². The van der Waals surface area contributed by atoms with Crippen LogP contribution in [0.25, 0.3) is 5.65 Å². The summed E-state index contributed by atoms with van der Waals surface area (Å²) in [6.45, 7) is 2.62. The van der Waals surface area contributed by atoms with Crippen LogP contribution in [0.1, 0.15) is 17.3 Å². The van der Waals surface area contributed by atoms with Crippen molar-refractivity contribution in [1.29, 1.82) is 0 Å². The van der Waals surface area contributed by atoms with E-state index in [4.69, 9.17) is 4.74 Å². The first-order chi connectivity index (χ1) is 9.81. The molecule has 1 aromatic carbocycles. The highest BCUT2D eigenvalue weighted by Gasteiger charge is 2.24. The van der Waals surface area contributed by atoms with Crippen LogP contribution in [0.3, 0.4) is 0 Å². The van der Waals surface area contributed by atoms with Gasteiger partial charge in [-0.15, -0.1) is 5.10 Å². The molecule has 0 aliphatic carbocycles. The van der Waals surface area contributed by atoms with Crippen molar-refractivity contribution in [2.75, 3.05) is 11.9 Å². The van der Waals surface area contributed by atoms with Gasteiger partial charge in [-0.25, -0.2) is 4.52 Å². The number of para-hydroxylation sites is 1. The molecule has 5 heteroatoms. The lowest BCUT2D eigenvalue weighted by Gasteiger charge is -2.08. The molecule has 4 rings (SSSR count). The molecule has 20 heavy (non-hydrogen) atoms. The number of nitrogens with zero attached hydrogens (tertiary/aromatic N) is 3. The minimum Gasteiger partial charge on any atom is -0.491 e. The van der Waals surface area contributed by atoms with E-state index in [1.807, 2.05) is 47.8 Å². The molecule has 1 N–H and O–H groups in total. The van der Waals surface area contributed by atoms with E-state index in [-0.39, 0.29) is 6.04 Å². The van der Waals surface area contributed by atoms with E-state index in [0.29, 0.717) is 12.6 Å². The lowest BCUT2D eigenvalue weighted by Crippen LogP contribution is -2.13. The maximum atomic E-state index is 5.66. The van der Waals surface area contributed by atoms with Crippen molar-refractivity contribution in [2.24, 2.45) is 0 Å². The van der Waals surface area contributed by atoms with Gasteiger partial charge in [-0.2, -0.15) is 4.98 Å². The number of aromatic nitrogens is 3. The second-order valence-corrected chi connectivity index (χ2v) is 4.92. The van der Waals surface area contributed by atoms with Crippen LogP contribution in [0.4, 0.5) is 5.95 Å². The molecule has 1 atom stereocenters. The van der Waals surface area contributed by atoms with Crippen molar-refractivity contribution in [1.82, 2.24) is 14.6 Å². The molecule has 100 valence electrons. The van der Waals surface area contributed by atoms with E-state index in [2.05, 4.69) is 21.5 Å². The van der Waals surface area contributed by atoms with Crippen LogP contribution in [0.5, 0.6) is 5.75 Å². The van der Waals surface area contributed by atoms with E-state index < -0.39 is 0 Å². The summed E-state index contributed by atoms with van der Waals surface area (Å²) in [5, 5.41) is 7.83.